The van der Waals surface area contributed by atoms with Crippen molar-refractivity contribution in [2.75, 3.05) is 39.4 Å². The van der Waals surface area contributed by atoms with Gasteiger partial charge in [-0.3, -0.25) is 4.79 Å². The number of amides is 1. The molecule has 0 radical (unpaired) electrons. The second kappa shape index (κ2) is 8.97. The number of carbonyl (C=O) groups is 1. The van der Waals surface area contributed by atoms with Crippen molar-refractivity contribution in [3.05, 3.63) is 34.6 Å². The lowest BCUT2D eigenvalue weighted by Crippen LogP contribution is -2.44. The van der Waals surface area contributed by atoms with Crippen LogP contribution in [0.25, 0.3) is 0 Å². The van der Waals surface area contributed by atoms with E-state index in [0.717, 1.165) is 32.4 Å². The van der Waals surface area contributed by atoms with Crippen molar-refractivity contribution in [2.45, 2.75) is 38.1 Å². The molecule has 3 rings (SSSR count). The third kappa shape index (κ3) is 4.93. The molecule has 2 aliphatic heterocycles. The third-order valence-electron chi connectivity index (χ3n) is 5.13. The highest BCUT2D eigenvalue weighted by Gasteiger charge is 2.27. The van der Waals surface area contributed by atoms with Gasteiger partial charge in [-0.2, -0.15) is 0 Å². The van der Waals surface area contributed by atoms with Gasteiger partial charge in [0.05, 0.1) is 5.02 Å². The highest BCUT2D eigenvalue weighted by molar-refractivity contribution is 6.31. The summed E-state index contributed by atoms with van der Waals surface area (Å²) in [6.07, 6.45) is 5.21. The topological polar surface area (TPSA) is 32.8 Å². The fraction of sp³-hybridized carbons (Fsp3) is 0.632. The van der Waals surface area contributed by atoms with Crippen LogP contribution in [0.1, 0.15) is 42.5 Å². The molecule has 0 aromatic heterocycles. The third-order valence-corrected chi connectivity index (χ3v) is 5.42. The minimum atomic E-state index is -0.495. The van der Waals surface area contributed by atoms with Crippen molar-refractivity contribution in [2.24, 2.45) is 0 Å². The number of likely N-dealkylation sites (tertiary alicyclic amines) is 1. The second-order valence-corrected chi connectivity index (χ2v) is 7.28. The Bertz CT molecular complexity index is 587. The number of halogens is 2. The van der Waals surface area contributed by atoms with Crippen molar-refractivity contribution in [1.82, 2.24) is 9.80 Å². The molecule has 6 heteroatoms. The molecule has 1 aromatic carbocycles. The molecule has 138 valence electrons. The summed E-state index contributed by atoms with van der Waals surface area (Å²) in [7, 11) is 0. The Morgan fingerprint density at radius 3 is 2.68 bits per heavy atom. The van der Waals surface area contributed by atoms with E-state index in [1.54, 1.807) is 0 Å². The maximum absolute atomic E-state index is 13.4. The predicted molar refractivity (Wildman–Crippen MR) is 96.6 cm³/mol. The van der Waals surface area contributed by atoms with Gasteiger partial charge in [-0.1, -0.05) is 11.6 Å². The van der Waals surface area contributed by atoms with Crippen LogP contribution in [-0.4, -0.2) is 61.1 Å². The van der Waals surface area contributed by atoms with Gasteiger partial charge in [-0.25, -0.2) is 4.39 Å². The normalized spacial score (nSPS) is 19.3. The van der Waals surface area contributed by atoms with Gasteiger partial charge in [0.1, 0.15) is 5.82 Å². The fourth-order valence-corrected chi connectivity index (χ4v) is 3.89. The lowest BCUT2D eigenvalue weighted by molar-refractivity contribution is 0.0281. The van der Waals surface area contributed by atoms with Crippen molar-refractivity contribution >= 4 is 17.5 Å². The molecule has 2 fully saturated rings. The average molecular weight is 369 g/mol. The minimum absolute atomic E-state index is 0.00477. The standard InChI is InChI=1S/C19H26ClFN2O2/c20-17-14-15(4-5-18(17)21)19(24)23(16-6-12-25-13-7-16)11-3-10-22-8-1-2-9-22/h4-5,14,16H,1-3,6-13H2. The first-order chi connectivity index (χ1) is 12.1. The molecule has 0 N–H and O–H groups in total. The van der Waals surface area contributed by atoms with Gasteiger partial charge in [-0.15, -0.1) is 0 Å². The molecular weight excluding hydrogens is 343 g/mol. The van der Waals surface area contributed by atoms with Crippen LogP contribution in [0.2, 0.25) is 5.02 Å². The maximum atomic E-state index is 13.4. The first-order valence-electron chi connectivity index (χ1n) is 9.21. The van der Waals surface area contributed by atoms with Crippen LogP contribution in [0.3, 0.4) is 0 Å². The molecule has 2 aliphatic rings. The quantitative estimate of drug-likeness (QED) is 0.769. The highest BCUT2D eigenvalue weighted by atomic mass is 35.5. The summed E-state index contributed by atoms with van der Waals surface area (Å²) in [5.41, 5.74) is 0.457. The van der Waals surface area contributed by atoms with Gasteiger partial charge in [0.2, 0.25) is 0 Å². The Labute approximate surface area is 153 Å². The van der Waals surface area contributed by atoms with Crippen molar-refractivity contribution in [1.29, 1.82) is 0 Å². The van der Waals surface area contributed by atoms with Gasteiger partial charge in [0.25, 0.3) is 5.91 Å². The first-order valence-corrected chi connectivity index (χ1v) is 9.59. The number of ether oxygens (including phenoxy) is 1. The Morgan fingerprint density at radius 2 is 2.00 bits per heavy atom. The molecule has 25 heavy (non-hydrogen) atoms. The van der Waals surface area contributed by atoms with E-state index in [1.807, 2.05) is 4.90 Å². The molecule has 0 aliphatic carbocycles. The molecule has 2 saturated heterocycles. The average Bonchev–Trinajstić information content (AvgIpc) is 3.15. The number of nitrogens with zero attached hydrogens (tertiary/aromatic N) is 2. The zero-order valence-corrected chi connectivity index (χ0v) is 15.3. The van der Waals surface area contributed by atoms with E-state index in [1.165, 1.54) is 44.1 Å². The summed E-state index contributed by atoms with van der Waals surface area (Å²) in [5, 5.41) is -0.00477. The van der Waals surface area contributed by atoms with E-state index in [0.29, 0.717) is 18.8 Å². The minimum Gasteiger partial charge on any atom is -0.381 e. The van der Waals surface area contributed by atoms with Crippen molar-refractivity contribution < 1.29 is 13.9 Å². The number of rotatable bonds is 6. The molecule has 0 bridgehead atoms. The van der Waals surface area contributed by atoms with Gasteiger partial charge < -0.3 is 14.5 Å². The molecule has 0 saturated carbocycles. The molecule has 4 nitrogen and oxygen atoms in total. The van der Waals surface area contributed by atoms with Crippen LogP contribution in [0.15, 0.2) is 18.2 Å². The summed E-state index contributed by atoms with van der Waals surface area (Å²) in [5.74, 6) is -0.555. The molecular formula is C19H26ClFN2O2. The van der Waals surface area contributed by atoms with Gasteiger partial charge in [-0.05, 0) is 69.9 Å². The smallest absolute Gasteiger partial charge is 0.254 e. The SMILES string of the molecule is O=C(c1ccc(F)c(Cl)c1)N(CCCN1CCCC1)C1CCOCC1. The summed E-state index contributed by atoms with van der Waals surface area (Å²) >= 11 is 5.87. The summed E-state index contributed by atoms with van der Waals surface area (Å²) < 4.78 is 18.9. The Balaban J connectivity index is 1.67. The van der Waals surface area contributed by atoms with Crippen LogP contribution >= 0.6 is 11.6 Å². The Morgan fingerprint density at radius 1 is 1.28 bits per heavy atom. The fourth-order valence-electron chi connectivity index (χ4n) is 3.71. The van der Waals surface area contributed by atoms with Crippen LogP contribution in [-0.2, 0) is 4.74 Å². The summed E-state index contributed by atoms with van der Waals surface area (Å²) in [6, 6.07) is 4.41. The Kier molecular flexibility index (Phi) is 6.68. The van der Waals surface area contributed by atoms with Crippen molar-refractivity contribution in [3.63, 3.8) is 0 Å². The Hall–Kier alpha value is -1.17. The maximum Gasteiger partial charge on any atom is 0.254 e. The van der Waals surface area contributed by atoms with E-state index >= 15 is 0 Å². The molecule has 2 heterocycles. The second-order valence-electron chi connectivity index (χ2n) is 6.87. The largest absolute Gasteiger partial charge is 0.381 e. The zero-order chi connectivity index (χ0) is 17.6. The molecule has 0 unspecified atom stereocenters. The van der Waals surface area contributed by atoms with E-state index in [-0.39, 0.29) is 17.0 Å². The van der Waals surface area contributed by atoms with E-state index in [2.05, 4.69) is 4.90 Å². The van der Waals surface area contributed by atoms with Gasteiger partial charge in [0, 0.05) is 31.4 Å². The van der Waals surface area contributed by atoms with E-state index in [9.17, 15) is 9.18 Å². The van der Waals surface area contributed by atoms with Crippen LogP contribution < -0.4 is 0 Å². The predicted octanol–water partition coefficient (Wildman–Crippen LogP) is 3.59. The lowest BCUT2D eigenvalue weighted by Gasteiger charge is -2.35. The highest BCUT2D eigenvalue weighted by Crippen LogP contribution is 2.21. The van der Waals surface area contributed by atoms with E-state index in [4.69, 9.17) is 16.3 Å². The van der Waals surface area contributed by atoms with Crippen LogP contribution in [0.4, 0.5) is 4.39 Å². The number of carbonyl (C=O) groups excluding carboxylic acids is 1. The molecule has 0 atom stereocenters. The lowest BCUT2D eigenvalue weighted by atomic mass is 10.0. The first kappa shape index (κ1) is 18.6. The molecule has 0 spiro atoms. The van der Waals surface area contributed by atoms with Crippen LogP contribution in [0, 0.1) is 5.82 Å². The molecule has 1 amide bonds. The van der Waals surface area contributed by atoms with Gasteiger partial charge >= 0.3 is 0 Å². The van der Waals surface area contributed by atoms with Crippen LogP contribution in [0.5, 0.6) is 0 Å². The summed E-state index contributed by atoms with van der Waals surface area (Å²) in [4.78, 5) is 17.4. The zero-order valence-electron chi connectivity index (χ0n) is 14.6. The van der Waals surface area contributed by atoms with Gasteiger partial charge in [0.15, 0.2) is 0 Å². The molecule has 1 aromatic rings. The number of benzene rings is 1. The number of hydrogen-bond acceptors (Lipinski definition) is 3. The summed E-state index contributed by atoms with van der Waals surface area (Å²) in [6.45, 7) is 5.44. The monoisotopic (exact) mass is 368 g/mol. The van der Waals surface area contributed by atoms with Crippen molar-refractivity contribution in [3.8, 4) is 0 Å². The number of hydrogen-bond donors (Lipinski definition) is 0. The van der Waals surface area contributed by atoms with E-state index < -0.39 is 5.82 Å².